The Morgan fingerprint density at radius 2 is 1.76 bits per heavy atom. The number of ether oxygens (including phenoxy) is 1. The summed E-state index contributed by atoms with van der Waals surface area (Å²) in [6.07, 6.45) is 1.62. The number of benzene rings is 3. The monoisotopic (exact) mass is 509 g/mol. The number of halogens is 1. The summed E-state index contributed by atoms with van der Waals surface area (Å²) in [7, 11) is 0. The van der Waals surface area contributed by atoms with Gasteiger partial charge in [0.05, 0.1) is 24.5 Å². The molecule has 3 heterocycles. The highest BCUT2D eigenvalue weighted by atomic mass is 35.5. The van der Waals surface area contributed by atoms with E-state index < -0.39 is 0 Å². The van der Waals surface area contributed by atoms with E-state index in [9.17, 15) is 4.79 Å². The van der Waals surface area contributed by atoms with E-state index in [1.54, 1.807) is 6.26 Å². The van der Waals surface area contributed by atoms with Gasteiger partial charge in [-0.25, -0.2) is 0 Å². The van der Waals surface area contributed by atoms with Crippen LogP contribution < -0.4 is 4.74 Å². The van der Waals surface area contributed by atoms with Crippen molar-refractivity contribution in [2.24, 2.45) is 0 Å². The molecule has 37 heavy (non-hydrogen) atoms. The van der Waals surface area contributed by atoms with Crippen LogP contribution in [0.2, 0.25) is 5.02 Å². The number of carbonyl (C=O) groups excluding carboxylic acids is 1. The zero-order valence-electron chi connectivity index (χ0n) is 20.1. The smallest absolute Gasteiger partial charge is 0.273 e. The minimum Gasteiger partial charge on any atom is -0.489 e. The topological polar surface area (TPSA) is 71.4 Å². The van der Waals surface area contributed by atoms with Gasteiger partial charge in [-0.1, -0.05) is 65.7 Å². The number of amides is 1. The predicted octanol–water partition coefficient (Wildman–Crippen LogP) is 6.96. The number of hydrogen-bond acceptors (Lipinski definition) is 4. The minimum atomic E-state index is -0.326. The third kappa shape index (κ3) is 4.52. The number of fused-ring (bicyclic) bond motifs is 1. The van der Waals surface area contributed by atoms with Gasteiger partial charge in [-0.05, 0) is 54.4 Å². The highest BCUT2D eigenvalue weighted by Crippen LogP contribution is 2.43. The summed E-state index contributed by atoms with van der Waals surface area (Å²) in [4.78, 5) is 15.4. The van der Waals surface area contributed by atoms with Crippen molar-refractivity contribution < 1.29 is 13.9 Å². The number of furan rings is 1. The Bertz CT molecular complexity index is 1520. The standard InChI is InChI=1S/C30H24ClN3O3/c1-19-4-8-21(9-5-19)27-26-28(33-32-27)30(35)34(17-25-3-2-16-36-25)29(26)22-10-14-24(15-11-22)37-18-20-6-12-23(31)13-7-20/h2-16,29H,17-18H2,1H3,(H,32,33). The van der Waals surface area contributed by atoms with Crippen LogP contribution in [0.5, 0.6) is 5.75 Å². The quantitative estimate of drug-likeness (QED) is 0.257. The molecule has 5 aromatic rings. The molecule has 7 heteroatoms. The Kier molecular flexibility index (Phi) is 6.02. The third-order valence-corrected chi connectivity index (χ3v) is 6.86. The molecular formula is C30H24ClN3O3. The van der Waals surface area contributed by atoms with Crippen LogP contribution >= 0.6 is 11.6 Å². The molecule has 0 saturated heterocycles. The van der Waals surface area contributed by atoms with E-state index in [4.69, 9.17) is 20.8 Å². The van der Waals surface area contributed by atoms with Crippen LogP contribution in [0.3, 0.4) is 0 Å². The van der Waals surface area contributed by atoms with Crippen LogP contribution in [-0.4, -0.2) is 21.0 Å². The number of aromatic nitrogens is 2. The second-order valence-corrected chi connectivity index (χ2v) is 9.56. The van der Waals surface area contributed by atoms with Gasteiger partial charge in [0.25, 0.3) is 5.91 Å². The molecule has 6 nitrogen and oxygen atoms in total. The number of nitrogens with zero attached hydrogens (tertiary/aromatic N) is 2. The Labute approximate surface area is 219 Å². The summed E-state index contributed by atoms with van der Waals surface area (Å²) < 4.78 is 11.6. The van der Waals surface area contributed by atoms with Gasteiger partial charge in [0, 0.05) is 16.1 Å². The van der Waals surface area contributed by atoms with Gasteiger partial charge < -0.3 is 14.1 Å². The molecule has 3 aromatic carbocycles. The summed E-state index contributed by atoms with van der Waals surface area (Å²) in [5.41, 5.74) is 6.28. The summed E-state index contributed by atoms with van der Waals surface area (Å²) in [5.74, 6) is 1.35. The fraction of sp³-hybridized carbons (Fsp3) is 0.133. The lowest BCUT2D eigenvalue weighted by Gasteiger charge is -2.25. The second-order valence-electron chi connectivity index (χ2n) is 9.13. The molecule has 1 N–H and O–H groups in total. The first-order chi connectivity index (χ1) is 18.1. The van der Waals surface area contributed by atoms with E-state index in [1.165, 1.54) is 0 Å². The predicted molar refractivity (Wildman–Crippen MR) is 141 cm³/mol. The van der Waals surface area contributed by atoms with Crippen LogP contribution in [0.25, 0.3) is 11.3 Å². The minimum absolute atomic E-state index is 0.106. The molecule has 0 bridgehead atoms. The zero-order valence-corrected chi connectivity index (χ0v) is 20.9. The molecule has 1 unspecified atom stereocenters. The molecular weight excluding hydrogens is 486 g/mol. The summed E-state index contributed by atoms with van der Waals surface area (Å²) in [6, 6.07) is 27.0. The molecule has 1 amide bonds. The lowest BCUT2D eigenvalue weighted by Crippen LogP contribution is -2.28. The maximum atomic E-state index is 13.5. The van der Waals surface area contributed by atoms with Gasteiger partial charge in [0.2, 0.25) is 0 Å². The maximum absolute atomic E-state index is 13.5. The second kappa shape index (κ2) is 9.64. The van der Waals surface area contributed by atoms with Crippen molar-refractivity contribution in [2.45, 2.75) is 26.1 Å². The lowest BCUT2D eigenvalue weighted by molar-refractivity contribution is 0.0717. The van der Waals surface area contributed by atoms with Gasteiger partial charge in [-0.3, -0.25) is 9.89 Å². The molecule has 0 saturated carbocycles. The molecule has 0 radical (unpaired) electrons. The van der Waals surface area contributed by atoms with Gasteiger partial charge >= 0.3 is 0 Å². The van der Waals surface area contributed by atoms with Crippen molar-refractivity contribution in [1.29, 1.82) is 0 Å². The SMILES string of the molecule is Cc1ccc(-c2n[nH]c3c2C(c2ccc(OCc4ccc(Cl)cc4)cc2)N(Cc2ccco2)C3=O)cc1. The Balaban J connectivity index is 1.33. The normalized spacial score (nSPS) is 14.7. The summed E-state index contributed by atoms with van der Waals surface area (Å²) in [5, 5.41) is 8.25. The number of nitrogens with one attached hydrogen (secondary N) is 1. The number of H-pyrrole nitrogens is 1. The van der Waals surface area contributed by atoms with Crippen molar-refractivity contribution >= 4 is 17.5 Å². The van der Waals surface area contributed by atoms with Gasteiger partial charge in [0.15, 0.2) is 0 Å². The van der Waals surface area contributed by atoms with Crippen LogP contribution in [0, 0.1) is 6.92 Å². The molecule has 0 aliphatic carbocycles. The average Bonchev–Trinajstić information content (AvgIpc) is 3.64. The van der Waals surface area contributed by atoms with E-state index in [-0.39, 0.29) is 11.9 Å². The number of aryl methyl sites for hydroxylation is 1. The fourth-order valence-electron chi connectivity index (χ4n) is 4.70. The Hall–Kier alpha value is -4.29. The molecule has 184 valence electrons. The molecule has 1 aliphatic rings. The molecule has 6 rings (SSSR count). The summed E-state index contributed by atoms with van der Waals surface area (Å²) >= 11 is 5.98. The van der Waals surface area contributed by atoms with Crippen molar-refractivity contribution in [3.05, 3.63) is 130 Å². The highest BCUT2D eigenvalue weighted by molar-refractivity contribution is 6.30. The van der Waals surface area contributed by atoms with E-state index in [1.807, 2.05) is 84.6 Å². The Morgan fingerprint density at radius 3 is 2.46 bits per heavy atom. The molecule has 2 aromatic heterocycles. The number of rotatable bonds is 7. The van der Waals surface area contributed by atoms with Gasteiger partial charge in [-0.15, -0.1) is 0 Å². The van der Waals surface area contributed by atoms with E-state index in [0.717, 1.165) is 45.0 Å². The molecule has 0 spiro atoms. The first-order valence-corrected chi connectivity index (χ1v) is 12.4. The zero-order chi connectivity index (χ0) is 25.4. The van der Waals surface area contributed by atoms with Crippen LogP contribution in [-0.2, 0) is 13.2 Å². The fourth-order valence-corrected chi connectivity index (χ4v) is 4.83. The summed E-state index contributed by atoms with van der Waals surface area (Å²) in [6.45, 7) is 2.83. The largest absolute Gasteiger partial charge is 0.489 e. The van der Waals surface area contributed by atoms with Crippen LogP contribution in [0.4, 0.5) is 0 Å². The molecule has 1 aliphatic heterocycles. The number of hydrogen-bond donors (Lipinski definition) is 1. The van der Waals surface area contributed by atoms with E-state index in [0.29, 0.717) is 23.9 Å². The van der Waals surface area contributed by atoms with E-state index >= 15 is 0 Å². The van der Waals surface area contributed by atoms with Crippen LogP contribution in [0.1, 0.15) is 44.5 Å². The maximum Gasteiger partial charge on any atom is 0.273 e. The van der Waals surface area contributed by atoms with Crippen molar-refractivity contribution in [2.75, 3.05) is 0 Å². The lowest BCUT2D eigenvalue weighted by atomic mass is 9.95. The molecule has 0 fully saturated rings. The van der Waals surface area contributed by atoms with Crippen LogP contribution in [0.15, 0.2) is 95.6 Å². The Morgan fingerprint density at radius 1 is 1.00 bits per heavy atom. The number of aromatic amines is 1. The average molecular weight is 510 g/mol. The van der Waals surface area contributed by atoms with Crippen molar-refractivity contribution in [3.8, 4) is 17.0 Å². The van der Waals surface area contributed by atoms with Gasteiger partial charge in [0.1, 0.15) is 23.8 Å². The first kappa shape index (κ1) is 23.1. The first-order valence-electron chi connectivity index (χ1n) is 12.0. The highest BCUT2D eigenvalue weighted by Gasteiger charge is 2.42. The van der Waals surface area contributed by atoms with Crippen molar-refractivity contribution in [1.82, 2.24) is 15.1 Å². The number of carbonyl (C=O) groups is 1. The molecule has 1 atom stereocenters. The van der Waals surface area contributed by atoms with Gasteiger partial charge in [-0.2, -0.15) is 5.10 Å². The third-order valence-electron chi connectivity index (χ3n) is 6.61. The van der Waals surface area contributed by atoms with Crippen molar-refractivity contribution in [3.63, 3.8) is 0 Å². The van der Waals surface area contributed by atoms with E-state index in [2.05, 4.69) is 22.3 Å².